The van der Waals surface area contributed by atoms with Crippen molar-refractivity contribution in [3.63, 3.8) is 0 Å². The van der Waals surface area contributed by atoms with Gasteiger partial charge in [0.2, 0.25) is 0 Å². The molecule has 0 aliphatic carbocycles. The normalized spacial score (nSPS) is 10.4. The molecule has 0 bridgehead atoms. The first-order valence-corrected chi connectivity index (χ1v) is 4.66. The Morgan fingerprint density at radius 1 is 1.33 bits per heavy atom. The first kappa shape index (κ1) is 9.27. The van der Waals surface area contributed by atoms with E-state index in [1.807, 2.05) is 24.3 Å². The fraction of sp³-hybridized carbons (Fsp3) is 0.0909. The van der Waals surface area contributed by atoms with E-state index in [0.717, 1.165) is 10.9 Å². The number of benzene rings is 1. The summed E-state index contributed by atoms with van der Waals surface area (Å²) >= 11 is 3.47. The maximum Gasteiger partial charge on any atom is 0.0247 e. The molecule has 62 valence electrons. The molecule has 0 heterocycles. The molecule has 0 amide bonds. The van der Waals surface area contributed by atoms with Crippen molar-refractivity contribution in [1.82, 2.24) is 0 Å². The van der Waals surface area contributed by atoms with Crippen LogP contribution in [0.3, 0.4) is 0 Å². The van der Waals surface area contributed by atoms with Gasteiger partial charge in [0.15, 0.2) is 0 Å². The van der Waals surface area contributed by atoms with Gasteiger partial charge in [0.05, 0.1) is 0 Å². The molecule has 0 spiro atoms. The third kappa shape index (κ3) is 2.67. The van der Waals surface area contributed by atoms with Gasteiger partial charge in [0.25, 0.3) is 0 Å². The lowest BCUT2D eigenvalue weighted by Gasteiger charge is -1.95. The van der Waals surface area contributed by atoms with E-state index < -0.39 is 0 Å². The van der Waals surface area contributed by atoms with Crippen molar-refractivity contribution in [3.05, 3.63) is 53.0 Å². The number of hydrogen-bond acceptors (Lipinski definition) is 0. The molecule has 0 atom stereocenters. The monoisotopic (exact) mass is 222 g/mol. The van der Waals surface area contributed by atoms with Crippen LogP contribution in [0.15, 0.2) is 47.5 Å². The lowest BCUT2D eigenvalue weighted by atomic mass is 10.2. The number of rotatable bonds is 3. The Bertz CT molecular complexity index is 287. The van der Waals surface area contributed by atoms with Crippen molar-refractivity contribution >= 4 is 22.0 Å². The van der Waals surface area contributed by atoms with Gasteiger partial charge in [0, 0.05) is 4.47 Å². The molecule has 12 heavy (non-hydrogen) atoms. The van der Waals surface area contributed by atoms with E-state index in [9.17, 15) is 0 Å². The number of allylic oxidation sites excluding steroid dienone is 2. The van der Waals surface area contributed by atoms with Crippen molar-refractivity contribution in [3.8, 4) is 0 Å². The third-order valence-corrected chi connectivity index (χ3v) is 2.23. The van der Waals surface area contributed by atoms with Crippen molar-refractivity contribution in [2.24, 2.45) is 0 Å². The minimum absolute atomic E-state index is 0.918. The van der Waals surface area contributed by atoms with E-state index in [-0.39, 0.29) is 0 Å². The molecule has 0 N–H and O–H groups in total. The Balaban J connectivity index is 2.74. The van der Waals surface area contributed by atoms with Crippen molar-refractivity contribution < 1.29 is 0 Å². The lowest BCUT2D eigenvalue weighted by Crippen LogP contribution is -1.72. The quantitative estimate of drug-likeness (QED) is 0.678. The number of halogens is 1. The highest BCUT2D eigenvalue weighted by Gasteiger charge is 1.90. The summed E-state index contributed by atoms with van der Waals surface area (Å²) in [7, 11) is 0. The predicted octanol–water partition coefficient (Wildman–Crippen LogP) is 4.04. The van der Waals surface area contributed by atoms with Gasteiger partial charge in [-0.15, -0.1) is 6.58 Å². The van der Waals surface area contributed by atoms with Gasteiger partial charge in [-0.25, -0.2) is 0 Å². The maximum atomic E-state index is 3.65. The molecular formula is C11H11Br. The second kappa shape index (κ2) is 4.94. The van der Waals surface area contributed by atoms with E-state index >= 15 is 0 Å². The summed E-state index contributed by atoms with van der Waals surface area (Å²) in [6, 6.07) is 8.14. The summed E-state index contributed by atoms with van der Waals surface area (Å²) < 4.78 is 1.13. The Morgan fingerprint density at radius 3 is 2.75 bits per heavy atom. The second-order valence-corrected chi connectivity index (χ2v) is 3.30. The first-order chi connectivity index (χ1) is 5.84. The van der Waals surface area contributed by atoms with Crippen LogP contribution in [0.1, 0.15) is 12.0 Å². The maximum absolute atomic E-state index is 3.65. The molecule has 0 saturated carbocycles. The fourth-order valence-corrected chi connectivity index (χ4v) is 1.32. The van der Waals surface area contributed by atoms with Crippen LogP contribution in [-0.4, -0.2) is 0 Å². The summed E-state index contributed by atoms with van der Waals surface area (Å²) in [5, 5.41) is 0. The molecule has 0 radical (unpaired) electrons. The van der Waals surface area contributed by atoms with Crippen LogP contribution >= 0.6 is 15.9 Å². The Hall–Kier alpha value is -0.820. The summed E-state index contributed by atoms with van der Waals surface area (Å²) in [5.74, 6) is 0. The third-order valence-electron chi connectivity index (χ3n) is 1.51. The molecular weight excluding hydrogens is 212 g/mol. The van der Waals surface area contributed by atoms with Crippen LogP contribution < -0.4 is 0 Å². The zero-order valence-corrected chi connectivity index (χ0v) is 8.42. The predicted molar refractivity (Wildman–Crippen MR) is 58.0 cm³/mol. The van der Waals surface area contributed by atoms with E-state index in [4.69, 9.17) is 0 Å². The van der Waals surface area contributed by atoms with Crippen LogP contribution in [0.2, 0.25) is 0 Å². The standard InChI is InChI=1S/C11H11Br/c1-2-3-4-7-10-8-5-6-9-11(10)12/h2,4-9H,1,3H2/b7-4+. The molecule has 1 rings (SSSR count). The van der Waals surface area contributed by atoms with Crippen LogP contribution in [0.25, 0.3) is 6.08 Å². The SMILES string of the molecule is C=CC/C=C/c1ccccc1Br. The summed E-state index contributed by atoms with van der Waals surface area (Å²) in [6.07, 6.45) is 6.98. The zero-order valence-electron chi connectivity index (χ0n) is 6.83. The number of hydrogen-bond donors (Lipinski definition) is 0. The molecule has 0 fully saturated rings. The Morgan fingerprint density at radius 2 is 2.08 bits per heavy atom. The topological polar surface area (TPSA) is 0 Å². The zero-order chi connectivity index (χ0) is 8.81. The molecule has 1 aromatic carbocycles. The summed E-state index contributed by atoms with van der Waals surface area (Å²) in [4.78, 5) is 0. The molecule has 0 aliphatic heterocycles. The second-order valence-electron chi connectivity index (χ2n) is 2.45. The van der Waals surface area contributed by atoms with E-state index in [1.165, 1.54) is 5.56 Å². The van der Waals surface area contributed by atoms with Crippen LogP contribution in [0.5, 0.6) is 0 Å². The average Bonchev–Trinajstić information content (AvgIpc) is 2.09. The van der Waals surface area contributed by atoms with Crippen molar-refractivity contribution in [1.29, 1.82) is 0 Å². The fourth-order valence-electron chi connectivity index (χ4n) is 0.901. The molecule has 1 aromatic rings. The van der Waals surface area contributed by atoms with Crippen molar-refractivity contribution in [2.75, 3.05) is 0 Å². The highest BCUT2D eigenvalue weighted by atomic mass is 79.9. The van der Waals surface area contributed by atoms with Gasteiger partial charge in [0.1, 0.15) is 0 Å². The van der Waals surface area contributed by atoms with Gasteiger partial charge < -0.3 is 0 Å². The molecule has 0 aliphatic rings. The van der Waals surface area contributed by atoms with Gasteiger partial charge in [-0.2, -0.15) is 0 Å². The van der Waals surface area contributed by atoms with Gasteiger partial charge in [-0.1, -0.05) is 52.4 Å². The van der Waals surface area contributed by atoms with E-state index in [0.29, 0.717) is 0 Å². The minimum Gasteiger partial charge on any atom is -0.103 e. The molecule has 0 nitrogen and oxygen atoms in total. The Kier molecular flexibility index (Phi) is 3.81. The van der Waals surface area contributed by atoms with Gasteiger partial charge in [-0.3, -0.25) is 0 Å². The summed E-state index contributed by atoms with van der Waals surface area (Å²) in [5.41, 5.74) is 1.21. The highest BCUT2D eigenvalue weighted by molar-refractivity contribution is 9.10. The van der Waals surface area contributed by atoms with Crippen LogP contribution in [0, 0.1) is 0 Å². The molecule has 0 saturated heterocycles. The van der Waals surface area contributed by atoms with E-state index in [2.05, 4.69) is 40.7 Å². The molecule has 0 unspecified atom stereocenters. The summed E-state index contributed by atoms with van der Waals surface area (Å²) in [6.45, 7) is 3.65. The van der Waals surface area contributed by atoms with Crippen molar-refractivity contribution in [2.45, 2.75) is 6.42 Å². The highest BCUT2D eigenvalue weighted by Crippen LogP contribution is 2.17. The van der Waals surface area contributed by atoms with Gasteiger partial charge >= 0.3 is 0 Å². The average molecular weight is 223 g/mol. The van der Waals surface area contributed by atoms with E-state index in [1.54, 1.807) is 0 Å². The molecule has 1 heteroatoms. The smallest absolute Gasteiger partial charge is 0.0247 e. The first-order valence-electron chi connectivity index (χ1n) is 3.86. The minimum atomic E-state index is 0.918. The largest absolute Gasteiger partial charge is 0.103 e. The van der Waals surface area contributed by atoms with Crippen LogP contribution in [0.4, 0.5) is 0 Å². The van der Waals surface area contributed by atoms with Crippen LogP contribution in [-0.2, 0) is 0 Å². The van der Waals surface area contributed by atoms with Gasteiger partial charge in [-0.05, 0) is 18.1 Å². The molecule has 0 aromatic heterocycles. The lowest BCUT2D eigenvalue weighted by molar-refractivity contribution is 1.42. The Labute approximate surface area is 81.7 Å².